The summed E-state index contributed by atoms with van der Waals surface area (Å²) in [6.07, 6.45) is 6.23. The van der Waals surface area contributed by atoms with Crippen LogP contribution in [0.4, 0.5) is 5.69 Å². The van der Waals surface area contributed by atoms with Gasteiger partial charge in [-0.2, -0.15) is 0 Å². The zero-order valence-electron chi connectivity index (χ0n) is 16.8. The molecule has 0 aliphatic carbocycles. The maximum Gasteiger partial charge on any atom is 0.237 e. The van der Waals surface area contributed by atoms with Crippen LogP contribution in [0.25, 0.3) is 0 Å². The Labute approximate surface area is 163 Å². The number of carbonyl (C=O) groups is 1. The fourth-order valence-corrected chi connectivity index (χ4v) is 3.32. The van der Waals surface area contributed by atoms with Gasteiger partial charge in [-0.1, -0.05) is 12.1 Å². The minimum Gasteiger partial charge on any atom is -0.388 e. The number of anilines is 1. The zero-order valence-corrected chi connectivity index (χ0v) is 16.8. The number of benzene rings is 1. The van der Waals surface area contributed by atoms with Crippen molar-refractivity contribution in [1.29, 1.82) is 0 Å². The first-order valence-corrected chi connectivity index (χ1v) is 10.2. The standard InChI is InChI=1S/C21H35N5O/c1-16(26-21(27)20-7-6-14-25-20)15-18-8-10-19(11-9-18)24-13-5-3-4-12-23-17(2)22/h8-11,16,20,24-25H,3-7,12-15H2,1-2H3,(H2,22,23)(H,26,27). The summed E-state index contributed by atoms with van der Waals surface area (Å²) in [6, 6.07) is 8.63. The van der Waals surface area contributed by atoms with Crippen molar-refractivity contribution < 1.29 is 4.79 Å². The highest BCUT2D eigenvalue weighted by Crippen LogP contribution is 2.12. The maximum atomic E-state index is 12.1. The molecule has 1 aromatic rings. The van der Waals surface area contributed by atoms with Crippen molar-refractivity contribution >= 4 is 17.4 Å². The molecule has 6 nitrogen and oxygen atoms in total. The van der Waals surface area contributed by atoms with Crippen molar-refractivity contribution in [3.63, 3.8) is 0 Å². The number of nitrogens with two attached hydrogens (primary N) is 1. The van der Waals surface area contributed by atoms with Gasteiger partial charge in [0.2, 0.25) is 5.91 Å². The number of nitrogens with zero attached hydrogens (tertiary/aromatic N) is 1. The average Bonchev–Trinajstić information content (AvgIpc) is 3.17. The van der Waals surface area contributed by atoms with Crippen molar-refractivity contribution in [2.75, 3.05) is 25.0 Å². The van der Waals surface area contributed by atoms with Crippen molar-refractivity contribution in [3.05, 3.63) is 29.8 Å². The highest BCUT2D eigenvalue weighted by Gasteiger charge is 2.22. The third kappa shape index (κ3) is 8.43. The number of carbonyl (C=O) groups excluding carboxylic acids is 1. The van der Waals surface area contributed by atoms with Crippen LogP contribution in [0.15, 0.2) is 29.3 Å². The smallest absolute Gasteiger partial charge is 0.237 e. The minimum absolute atomic E-state index is 0.00911. The molecule has 2 atom stereocenters. The van der Waals surface area contributed by atoms with Crippen molar-refractivity contribution in [2.45, 2.75) is 64.5 Å². The number of unbranched alkanes of at least 4 members (excludes halogenated alkanes) is 2. The number of nitrogens with one attached hydrogen (secondary N) is 3. The molecule has 0 bridgehead atoms. The van der Waals surface area contributed by atoms with E-state index in [1.807, 2.05) is 6.92 Å². The van der Waals surface area contributed by atoms with E-state index in [2.05, 4.69) is 52.1 Å². The number of hydrogen-bond acceptors (Lipinski definition) is 4. The van der Waals surface area contributed by atoms with Gasteiger partial charge in [0.1, 0.15) is 0 Å². The molecule has 1 saturated heterocycles. The molecule has 2 rings (SSSR count). The topological polar surface area (TPSA) is 91.5 Å². The molecular weight excluding hydrogens is 338 g/mol. The van der Waals surface area contributed by atoms with E-state index in [4.69, 9.17) is 5.73 Å². The van der Waals surface area contributed by atoms with Crippen LogP contribution in [0, 0.1) is 0 Å². The third-order valence-corrected chi connectivity index (χ3v) is 4.79. The first-order valence-electron chi connectivity index (χ1n) is 10.2. The lowest BCUT2D eigenvalue weighted by Crippen LogP contribution is -2.44. The maximum absolute atomic E-state index is 12.1. The van der Waals surface area contributed by atoms with Gasteiger partial charge in [0.25, 0.3) is 0 Å². The summed E-state index contributed by atoms with van der Waals surface area (Å²) in [7, 11) is 0. The molecule has 27 heavy (non-hydrogen) atoms. The predicted molar refractivity (Wildman–Crippen MR) is 113 cm³/mol. The van der Waals surface area contributed by atoms with Gasteiger partial charge in [-0.25, -0.2) is 0 Å². The van der Waals surface area contributed by atoms with Crippen LogP contribution >= 0.6 is 0 Å². The predicted octanol–water partition coefficient (Wildman–Crippen LogP) is 2.45. The van der Waals surface area contributed by atoms with E-state index < -0.39 is 0 Å². The number of hydrogen-bond donors (Lipinski definition) is 4. The molecule has 150 valence electrons. The van der Waals surface area contributed by atoms with Gasteiger partial charge >= 0.3 is 0 Å². The quantitative estimate of drug-likeness (QED) is 0.272. The van der Waals surface area contributed by atoms with Gasteiger partial charge in [0.15, 0.2) is 0 Å². The summed E-state index contributed by atoms with van der Waals surface area (Å²) >= 11 is 0. The number of amides is 1. The molecule has 1 aromatic carbocycles. The van der Waals surface area contributed by atoms with Crippen LogP contribution < -0.4 is 21.7 Å². The zero-order chi connectivity index (χ0) is 19.5. The van der Waals surface area contributed by atoms with Gasteiger partial charge in [0.05, 0.1) is 11.9 Å². The second-order valence-corrected chi connectivity index (χ2v) is 7.47. The van der Waals surface area contributed by atoms with E-state index in [0.717, 1.165) is 63.8 Å². The van der Waals surface area contributed by atoms with Crippen molar-refractivity contribution in [2.24, 2.45) is 10.7 Å². The van der Waals surface area contributed by atoms with Crippen LogP contribution in [-0.4, -0.2) is 43.5 Å². The van der Waals surface area contributed by atoms with Crippen LogP contribution in [0.5, 0.6) is 0 Å². The van der Waals surface area contributed by atoms with E-state index in [9.17, 15) is 4.79 Å². The first kappa shape index (κ1) is 21.2. The molecule has 0 saturated carbocycles. The lowest BCUT2D eigenvalue weighted by Gasteiger charge is -2.17. The molecule has 6 heteroatoms. The molecule has 0 radical (unpaired) electrons. The van der Waals surface area contributed by atoms with Crippen molar-refractivity contribution in [3.8, 4) is 0 Å². The van der Waals surface area contributed by atoms with Crippen LogP contribution in [0.2, 0.25) is 0 Å². The normalized spacial score (nSPS) is 18.3. The SMILES string of the molecule is CC(N)=NCCCCCNc1ccc(CC(C)NC(=O)C2CCCN2)cc1. The Kier molecular flexibility index (Phi) is 9.11. The number of amidine groups is 1. The van der Waals surface area contributed by atoms with E-state index in [1.165, 1.54) is 5.56 Å². The Morgan fingerprint density at radius 2 is 2.07 bits per heavy atom. The Morgan fingerprint density at radius 1 is 1.30 bits per heavy atom. The van der Waals surface area contributed by atoms with E-state index in [1.54, 1.807) is 0 Å². The Hall–Kier alpha value is -2.08. The van der Waals surface area contributed by atoms with Gasteiger partial charge in [-0.15, -0.1) is 0 Å². The van der Waals surface area contributed by atoms with Crippen LogP contribution in [0.1, 0.15) is 51.5 Å². The van der Waals surface area contributed by atoms with Crippen molar-refractivity contribution in [1.82, 2.24) is 10.6 Å². The highest BCUT2D eigenvalue weighted by atomic mass is 16.2. The second-order valence-electron chi connectivity index (χ2n) is 7.47. The summed E-state index contributed by atoms with van der Waals surface area (Å²) < 4.78 is 0. The molecule has 1 heterocycles. The minimum atomic E-state index is -0.00911. The second kappa shape index (κ2) is 11.6. The van der Waals surface area contributed by atoms with E-state index >= 15 is 0 Å². The summed E-state index contributed by atoms with van der Waals surface area (Å²) in [6.45, 7) is 6.62. The summed E-state index contributed by atoms with van der Waals surface area (Å²) in [4.78, 5) is 16.3. The number of rotatable bonds is 11. The summed E-state index contributed by atoms with van der Waals surface area (Å²) in [5, 5.41) is 9.81. The molecule has 1 fully saturated rings. The first-order chi connectivity index (χ1) is 13.0. The summed E-state index contributed by atoms with van der Waals surface area (Å²) in [5.41, 5.74) is 7.90. The van der Waals surface area contributed by atoms with Gasteiger partial charge < -0.3 is 21.7 Å². The fourth-order valence-electron chi connectivity index (χ4n) is 3.32. The lowest BCUT2D eigenvalue weighted by atomic mass is 10.1. The summed E-state index contributed by atoms with van der Waals surface area (Å²) in [5.74, 6) is 0.794. The van der Waals surface area contributed by atoms with Crippen LogP contribution in [-0.2, 0) is 11.2 Å². The molecule has 5 N–H and O–H groups in total. The molecule has 1 amide bonds. The molecule has 1 aliphatic heterocycles. The third-order valence-electron chi connectivity index (χ3n) is 4.79. The Balaban J connectivity index is 1.62. The molecular formula is C21H35N5O. The molecule has 0 spiro atoms. The largest absolute Gasteiger partial charge is 0.388 e. The average molecular weight is 374 g/mol. The van der Waals surface area contributed by atoms with Crippen LogP contribution in [0.3, 0.4) is 0 Å². The Morgan fingerprint density at radius 3 is 2.74 bits per heavy atom. The van der Waals surface area contributed by atoms with E-state index in [-0.39, 0.29) is 18.0 Å². The molecule has 1 aliphatic rings. The highest BCUT2D eigenvalue weighted by molar-refractivity contribution is 5.82. The number of aliphatic imine (C=N–C) groups is 1. The molecule has 2 unspecified atom stereocenters. The lowest BCUT2D eigenvalue weighted by molar-refractivity contribution is -0.123. The Bertz CT molecular complexity index is 589. The van der Waals surface area contributed by atoms with Gasteiger partial charge in [-0.05, 0) is 76.6 Å². The monoisotopic (exact) mass is 373 g/mol. The fraction of sp³-hybridized carbons (Fsp3) is 0.619. The van der Waals surface area contributed by atoms with E-state index in [0.29, 0.717) is 5.84 Å². The van der Waals surface area contributed by atoms with Gasteiger partial charge in [0, 0.05) is 24.8 Å². The molecule has 0 aromatic heterocycles. The van der Waals surface area contributed by atoms with Gasteiger partial charge in [-0.3, -0.25) is 9.79 Å².